The maximum absolute atomic E-state index is 5.91. The second kappa shape index (κ2) is 2.98. The fourth-order valence-corrected chi connectivity index (χ4v) is 3.63. The Bertz CT molecular complexity index is 184. The van der Waals surface area contributed by atoms with Crippen molar-refractivity contribution >= 4 is 0 Å². The minimum Gasteiger partial charge on any atom is -0.378 e. The Balaban J connectivity index is 1.64. The third-order valence-electron chi connectivity index (χ3n) is 4.75. The molecule has 2 atom stereocenters. The van der Waals surface area contributed by atoms with Gasteiger partial charge in [0.05, 0.1) is 6.10 Å². The number of hydrogen-bond acceptors (Lipinski definition) is 1. The van der Waals surface area contributed by atoms with Crippen molar-refractivity contribution in [2.24, 2.45) is 11.3 Å². The van der Waals surface area contributed by atoms with E-state index in [1.54, 1.807) is 0 Å². The van der Waals surface area contributed by atoms with Crippen molar-refractivity contribution in [2.75, 3.05) is 6.61 Å². The summed E-state index contributed by atoms with van der Waals surface area (Å²) in [6, 6.07) is 0. The molecule has 74 valence electrons. The molecule has 1 spiro atoms. The van der Waals surface area contributed by atoms with Crippen LogP contribution in [0.5, 0.6) is 0 Å². The molecule has 1 heteroatoms. The highest BCUT2D eigenvalue weighted by Crippen LogP contribution is 2.61. The summed E-state index contributed by atoms with van der Waals surface area (Å²) in [6.07, 6.45) is 12.2. The Morgan fingerprint density at radius 2 is 1.85 bits per heavy atom. The fraction of sp³-hybridized carbons (Fsp3) is 1.00. The highest BCUT2D eigenvalue weighted by atomic mass is 16.5. The molecule has 0 radical (unpaired) electrons. The van der Waals surface area contributed by atoms with Crippen molar-refractivity contribution < 1.29 is 4.74 Å². The molecule has 3 fully saturated rings. The Hall–Kier alpha value is -0.0400. The standard InChI is InChI=1S/C12H20O/c1-2-9-13-11(4-1)10-5-8-12(10)6-3-7-12/h10-11H,1-9H2. The van der Waals surface area contributed by atoms with Crippen LogP contribution in [-0.4, -0.2) is 12.7 Å². The molecule has 1 nitrogen and oxygen atoms in total. The van der Waals surface area contributed by atoms with E-state index in [9.17, 15) is 0 Å². The molecule has 1 aliphatic heterocycles. The second-order valence-corrected chi connectivity index (χ2v) is 5.27. The zero-order valence-corrected chi connectivity index (χ0v) is 8.43. The van der Waals surface area contributed by atoms with E-state index in [1.165, 1.54) is 51.4 Å². The topological polar surface area (TPSA) is 9.23 Å². The highest BCUT2D eigenvalue weighted by molar-refractivity contribution is 5.03. The predicted molar refractivity (Wildman–Crippen MR) is 52.6 cm³/mol. The first-order chi connectivity index (χ1) is 6.41. The minimum atomic E-state index is 0.655. The zero-order chi connectivity index (χ0) is 8.73. The lowest BCUT2D eigenvalue weighted by atomic mass is 9.48. The first-order valence-electron chi connectivity index (χ1n) is 6.02. The van der Waals surface area contributed by atoms with Crippen LogP contribution in [-0.2, 0) is 4.74 Å². The van der Waals surface area contributed by atoms with Crippen LogP contribution in [0.25, 0.3) is 0 Å². The Labute approximate surface area is 80.8 Å². The minimum absolute atomic E-state index is 0.655. The Morgan fingerprint density at radius 3 is 2.31 bits per heavy atom. The van der Waals surface area contributed by atoms with Crippen molar-refractivity contribution in [1.29, 1.82) is 0 Å². The van der Waals surface area contributed by atoms with E-state index in [2.05, 4.69) is 0 Å². The van der Waals surface area contributed by atoms with Gasteiger partial charge in [-0.15, -0.1) is 0 Å². The van der Waals surface area contributed by atoms with Gasteiger partial charge >= 0.3 is 0 Å². The molecule has 0 amide bonds. The van der Waals surface area contributed by atoms with E-state index in [1.807, 2.05) is 0 Å². The monoisotopic (exact) mass is 180 g/mol. The van der Waals surface area contributed by atoms with E-state index in [0.717, 1.165) is 17.9 Å². The lowest BCUT2D eigenvalue weighted by molar-refractivity contribution is -0.145. The lowest BCUT2D eigenvalue weighted by Gasteiger charge is -2.59. The van der Waals surface area contributed by atoms with Crippen LogP contribution in [0.4, 0.5) is 0 Å². The van der Waals surface area contributed by atoms with E-state index in [0.29, 0.717) is 6.10 Å². The smallest absolute Gasteiger partial charge is 0.0608 e. The van der Waals surface area contributed by atoms with E-state index in [4.69, 9.17) is 4.74 Å². The lowest BCUT2D eigenvalue weighted by Crippen LogP contribution is -2.52. The van der Waals surface area contributed by atoms with Crippen LogP contribution in [0.3, 0.4) is 0 Å². The Morgan fingerprint density at radius 1 is 0.923 bits per heavy atom. The van der Waals surface area contributed by atoms with Gasteiger partial charge in [0.2, 0.25) is 0 Å². The SMILES string of the molecule is C1CCC(C2CCC23CCC3)OC1. The van der Waals surface area contributed by atoms with Gasteiger partial charge in [-0.25, -0.2) is 0 Å². The quantitative estimate of drug-likeness (QED) is 0.602. The third-order valence-corrected chi connectivity index (χ3v) is 4.75. The van der Waals surface area contributed by atoms with Crippen molar-refractivity contribution in [3.63, 3.8) is 0 Å². The largest absolute Gasteiger partial charge is 0.378 e. The summed E-state index contributed by atoms with van der Waals surface area (Å²) < 4.78 is 5.91. The van der Waals surface area contributed by atoms with Crippen LogP contribution in [0.15, 0.2) is 0 Å². The van der Waals surface area contributed by atoms with Gasteiger partial charge in [-0.05, 0) is 56.3 Å². The van der Waals surface area contributed by atoms with Crippen molar-refractivity contribution in [3.8, 4) is 0 Å². The highest BCUT2D eigenvalue weighted by Gasteiger charge is 2.53. The average molecular weight is 180 g/mol. The van der Waals surface area contributed by atoms with Gasteiger partial charge < -0.3 is 4.74 Å². The molecule has 2 unspecified atom stereocenters. The molecule has 0 aromatic heterocycles. The van der Waals surface area contributed by atoms with Gasteiger partial charge in [0, 0.05) is 6.61 Å². The first kappa shape index (κ1) is 8.28. The molecule has 2 aliphatic carbocycles. The van der Waals surface area contributed by atoms with Crippen LogP contribution < -0.4 is 0 Å². The van der Waals surface area contributed by atoms with Crippen LogP contribution >= 0.6 is 0 Å². The molecular formula is C12H20O. The molecule has 1 saturated heterocycles. The molecule has 0 aromatic rings. The summed E-state index contributed by atoms with van der Waals surface area (Å²) in [4.78, 5) is 0. The predicted octanol–water partition coefficient (Wildman–Crippen LogP) is 3.14. The average Bonchev–Trinajstić information content (AvgIpc) is 2.01. The molecule has 0 N–H and O–H groups in total. The summed E-state index contributed by atoms with van der Waals surface area (Å²) >= 11 is 0. The first-order valence-corrected chi connectivity index (χ1v) is 6.02. The fourth-order valence-electron chi connectivity index (χ4n) is 3.63. The van der Waals surface area contributed by atoms with Crippen LogP contribution in [0.2, 0.25) is 0 Å². The van der Waals surface area contributed by atoms with E-state index < -0.39 is 0 Å². The number of ether oxygens (including phenoxy) is 1. The molecule has 3 rings (SSSR count). The molecule has 13 heavy (non-hydrogen) atoms. The number of rotatable bonds is 1. The number of hydrogen-bond donors (Lipinski definition) is 0. The summed E-state index contributed by atoms with van der Waals surface area (Å²) in [7, 11) is 0. The van der Waals surface area contributed by atoms with Gasteiger partial charge in [-0.3, -0.25) is 0 Å². The summed E-state index contributed by atoms with van der Waals surface area (Å²) in [5.41, 5.74) is 0.794. The zero-order valence-electron chi connectivity index (χ0n) is 8.43. The van der Waals surface area contributed by atoms with Crippen LogP contribution in [0.1, 0.15) is 51.4 Å². The molecule has 3 aliphatic rings. The van der Waals surface area contributed by atoms with Gasteiger partial charge in [-0.1, -0.05) is 6.42 Å². The molecule has 0 aromatic carbocycles. The normalized spacial score (nSPS) is 42.5. The van der Waals surface area contributed by atoms with Crippen molar-refractivity contribution in [3.05, 3.63) is 0 Å². The summed E-state index contributed by atoms with van der Waals surface area (Å²) in [6.45, 7) is 1.04. The molecule has 2 saturated carbocycles. The molecular weight excluding hydrogens is 160 g/mol. The molecule has 0 bridgehead atoms. The van der Waals surface area contributed by atoms with Gasteiger partial charge in [-0.2, -0.15) is 0 Å². The van der Waals surface area contributed by atoms with Crippen molar-refractivity contribution in [2.45, 2.75) is 57.5 Å². The van der Waals surface area contributed by atoms with E-state index in [-0.39, 0.29) is 0 Å². The van der Waals surface area contributed by atoms with Gasteiger partial charge in [0.25, 0.3) is 0 Å². The van der Waals surface area contributed by atoms with Gasteiger partial charge in [0.15, 0.2) is 0 Å². The summed E-state index contributed by atoms with van der Waals surface area (Å²) in [5.74, 6) is 0.960. The summed E-state index contributed by atoms with van der Waals surface area (Å²) in [5, 5.41) is 0. The Kier molecular flexibility index (Phi) is 1.90. The maximum atomic E-state index is 5.91. The van der Waals surface area contributed by atoms with Crippen molar-refractivity contribution in [1.82, 2.24) is 0 Å². The second-order valence-electron chi connectivity index (χ2n) is 5.27. The third kappa shape index (κ3) is 1.16. The maximum Gasteiger partial charge on any atom is 0.0608 e. The van der Waals surface area contributed by atoms with Crippen LogP contribution in [0, 0.1) is 11.3 Å². The molecule has 1 heterocycles. The van der Waals surface area contributed by atoms with E-state index >= 15 is 0 Å². The van der Waals surface area contributed by atoms with Gasteiger partial charge in [0.1, 0.15) is 0 Å².